The molecule has 2 bridgehead atoms. The second-order valence-electron chi connectivity index (χ2n) is 9.90. The van der Waals surface area contributed by atoms with Crippen LogP contribution in [0.5, 0.6) is 5.75 Å². The van der Waals surface area contributed by atoms with Crippen molar-refractivity contribution in [1.29, 1.82) is 0 Å². The summed E-state index contributed by atoms with van der Waals surface area (Å²) in [7, 11) is 1.51. The van der Waals surface area contributed by atoms with E-state index in [2.05, 4.69) is 12.2 Å². The summed E-state index contributed by atoms with van der Waals surface area (Å²) in [5.74, 6) is -1.74. The van der Waals surface area contributed by atoms with Gasteiger partial charge < -0.3 is 19.5 Å². The fourth-order valence-electron chi connectivity index (χ4n) is 6.37. The Bertz CT molecular complexity index is 866. The minimum absolute atomic E-state index is 0.00903. The molecular weight excluding hydrogens is 427 g/mol. The van der Waals surface area contributed by atoms with Crippen LogP contribution in [-0.2, 0) is 19.2 Å². The van der Waals surface area contributed by atoms with Gasteiger partial charge in [-0.25, -0.2) is 9.78 Å². The van der Waals surface area contributed by atoms with Gasteiger partial charge in [-0.05, 0) is 62.3 Å². The lowest BCUT2D eigenvalue weighted by molar-refractivity contribution is -0.582. The average Bonchev–Trinajstić information content (AvgIpc) is 2.97. The van der Waals surface area contributed by atoms with Gasteiger partial charge in [-0.1, -0.05) is 13.8 Å². The summed E-state index contributed by atoms with van der Waals surface area (Å²) in [5.41, 5.74) is -3.42. The number of halogens is 3. The Morgan fingerprint density at radius 3 is 2.38 bits per heavy atom. The van der Waals surface area contributed by atoms with Gasteiger partial charge in [0.25, 0.3) is 0 Å². The predicted molar refractivity (Wildman–Crippen MR) is 108 cm³/mol. The molecule has 6 nitrogen and oxygen atoms in total. The number of benzene rings is 1. The molecule has 178 valence electrons. The van der Waals surface area contributed by atoms with Gasteiger partial charge in [-0.15, -0.1) is 0 Å². The topological polar surface area (TPSA) is 58.2 Å². The van der Waals surface area contributed by atoms with E-state index in [-0.39, 0.29) is 17.5 Å². The van der Waals surface area contributed by atoms with Crippen LogP contribution in [-0.4, -0.2) is 36.7 Å². The zero-order chi connectivity index (χ0) is 22.9. The highest BCUT2D eigenvalue weighted by molar-refractivity contribution is 5.49. The minimum Gasteiger partial charge on any atom is -0.497 e. The van der Waals surface area contributed by atoms with Gasteiger partial charge in [-0.2, -0.15) is 13.2 Å². The van der Waals surface area contributed by atoms with Crippen molar-refractivity contribution in [3.63, 3.8) is 0 Å². The van der Waals surface area contributed by atoms with E-state index < -0.39 is 41.4 Å². The number of ether oxygens (including phenoxy) is 3. The van der Waals surface area contributed by atoms with Gasteiger partial charge in [-0.3, -0.25) is 0 Å². The van der Waals surface area contributed by atoms with Gasteiger partial charge in [0.1, 0.15) is 5.75 Å². The zero-order valence-electron chi connectivity index (χ0n) is 18.7. The highest BCUT2D eigenvalue weighted by Gasteiger charge is 2.76. The van der Waals surface area contributed by atoms with Crippen LogP contribution in [0, 0.1) is 23.7 Å². The monoisotopic (exact) mass is 457 g/mol. The molecule has 1 N–H and O–H groups in total. The van der Waals surface area contributed by atoms with E-state index in [1.165, 1.54) is 7.11 Å². The maximum Gasteiger partial charge on any atom is 0.436 e. The number of hydrogen-bond donors (Lipinski definition) is 1. The van der Waals surface area contributed by atoms with Crippen LogP contribution in [0.4, 0.5) is 18.9 Å². The molecule has 1 aromatic rings. The second-order valence-corrected chi connectivity index (χ2v) is 9.90. The van der Waals surface area contributed by atoms with E-state index in [0.29, 0.717) is 18.6 Å². The summed E-state index contributed by atoms with van der Waals surface area (Å²) in [6.45, 7) is 5.42. The van der Waals surface area contributed by atoms with E-state index in [9.17, 15) is 13.2 Å². The second kappa shape index (κ2) is 7.22. The Hall–Kier alpha value is -1.55. The molecule has 4 saturated heterocycles. The van der Waals surface area contributed by atoms with Gasteiger partial charge >= 0.3 is 6.18 Å². The van der Waals surface area contributed by atoms with E-state index in [1.807, 2.05) is 0 Å². The van der Waals surface area contributed by atoms with E-state index in [1.54, 1.807) is 38.1 Å². The molecule has 1 aliphatic carbocycles. The summed E-state index contributed by atoms with van der Waals surface area (Å²) in [6.07, 6.45) is -3.22. The third kappa shape index (κ3) is 3.01. The molecule has 4 heterocycles. The molecule has 32 heavy (non-hydrogen) atoms. The Morgan fingerprint density at radius 2 is 1.72 bits per heavy atom. The Balaban J connectivity index is 1.60. The predicted octanol–water partition coefficient (Wildman–Crippen LogP) is 5.25. The van der Waals surface area contributed by atoms with Crippen LogP contribution in [0.1, 0.15) is 46.5 Å². The number of hydrogen-bond acceptors (Lipinski definition) is 6. The molecule has 8 atom stereocenters. The first-order valence-corrected chi connectivity index (χ1v) is 11.3. The third-order valence-corrected chi connectivity index (χ3v) is 8.15. The number of alkyl halides is 3. The van der Waals surface area contributed by atoms with Crippen LogP contribution in [0.2, 0.25) is 0 Å². The number of anilines is 1. The molecule has 6 rings (SSSR count). The maximum absolute atomic E-state index is 14.8. The molecule has 1 saturated carbocycles. The molecule has 0 amide bonds. The van der Waals surface area contributed by atoms with Crippen molar-refractivity contribution in [2.75, 3.05) is 12.4 Å². The summed E-state index contributed by atoms with van der Waals surface area (Å²) in [6, 6.07) is 6.34. The molecule has 1 spiro atoms. The molecule has 4 aliphatic heterocycles. The first-order valence-electron chi connectivity index (χ1n) is 11.3. The Kier molecular flexibility index (Phi) is 5.02. The molecule has 5 aliphatic rings. The molecule has 1 aromatic carbocycles. The number of methoxy groups -OCH3 is 1. The van der Waals surface area contributed by atoms with Crippen LogP contribution < -0.4 is 10.1 Å². The van der Waals surface area contributed by atoms with Crippen molar-refractivity contribution in [2.24, 2.45) is 23.7 Å². The maximum atomic E-state index is 14.8. The van der Waals surface area contributed by atoms with Crippen molar-refractivity contribution in [3.8, 4) is 5.75 Å². The van der Waals surface area contributed by atoms with Crippen molar-refractivity contribution < 1.29 is 37.2 Å². The Labute approximate surface area is 185 Å². The average molecular weight is 457 g/mol. The van der Waals surface area contributed by atoms with Crippen LogP contribution in [0.3, 0.4) is 0 Å². The summed E-state index contributed by atoms with van der Waals surface area (Å²) in [5, 5.41) is 2.69. The molecule has 0 aromatic heterocycles. The van der Waals surface area contributed by atoms with E-state index in [0.717, 1.165) is 12.8 Å². The van der Waals surface area contributed by atoms with Crippen molar-refractivity contribution in [2.45, 2.75) is 76.0 Å². The van der Waals surface area contributed by atoms with Crippen molar-refractivity contribution >= 4 is 5.69 Å². The summed E-state index contributed by atoms with van der Waals surface area (Å²) < 4.78 is 61.7. The number of nitrogens with one attached hydrogen (secondary N) is 1. The van der Waals surface area contributed by atoms with Gasteiger partial charge in [0.15, 0.2) is 11.9 Å². The Morgan fingerprint density at radius 1 is 1.00 bits per heavy atom. The largest absolute Gasteiger partial charge is 0.497 e. The summed E-state index contributed by atoms with van der Waals surface area (Å²) >= 11 is 0. The van der Waals surface area contributed by atoms with Crippen molar-refractivity contribution in [1.82, 2.24) is 0 Å². The van der Waals surface area contributed by atoms with Crippen LogP contribution >= 0.6 is 0 Å². The normalized spacial score (nSPS) is 45.7. The zero-order valence-corrected chi connectivity index (χ0v) is 18.7. The van der Waals surface area contributed by atoms with Crippen LogP contribution in [0.15, 0.2) is 24.3 Å². The summed E-state index contributed by atoms with van der Waals surface area (Å²) in [4.78, 5) is 11.7. The molecular formula is C23H30F3NO5. The number of rotatable bonds is 3. The van der Waals surface area contributed by atoms with E-state index >= 15 is 0 Å². The molecule has 5 fully saturated rings. The molecule has 2 unspecified atom stereocenters. The van der Waals surface area contributed by atoms with Gasteiger partial charge in [0, 0.05) is 23.9 Å². The third-order valence-electron chi connectivity index (χ3n) is 8.15. The van der Waals surface area contributed by atoms with Crippen molar-refractivity contribution in [3.05, 3.63) is 24.3 Å². The van der Waals surface area contributed by atoms with Gasteiger partial charge in [0.05, 0.1) is 7.11 Å². The standard InChI is InChI=1S/C23H30F3NO5/c1-13-5-10-18-14(2)22(23(24,25)26,27-15-6-8-16(28-4)9-7-15)30-19-21(18)17(13)11-12-20(3,29-19)31-32-21/h6-9,13-14,17-19,27H,5,10-12H2,1-4H3/t13-,14-,17+,18?,19+,20+,21?,22-/m1/s1. The van der Waals surface area contributed by atoms with E-state index in [4.69, 9.17) is 24.0 Å². The lowest BCUT2D eigenvalue weighted by Gasteiger charge is -2.63. The first-order chi connectivity index (χ1) is 15.0. The molecule has 0 radical (unpaired) electrons. The molecule has 9 heteroatoms. The fraction of sp³-hybridized carbons (Fsp3) is 0.739. The lowest BCUT2D eigenvalue weighted by atomic mass is 9.56. The fourth-order valence-corrected chi connectivity index (χ4v) is 6.37. The first kappa shape index (κ1) is 22.3. The quantitative estimate of drug-likeness (QED) is 0.626. The number of fused-ring (bicyclic) bond motifs is 2. The van der Waals surface area contributed by atoms with Gasteiger partial charge in [0.2, 0.25) is 11.5 Å². The highest BCUT2D eigenvalue weighted by Crippen LogP contribution is 2.64. The van der Waals surface area contributed by atoms with Crippen LogP contribution in [0.25, 0.3) is 0 Å². The lowest BCUT2D eigenvalue weighted by Crippen LogP contribution is -2.77. The smallest absolute Gasteiger partial charge is 0.436 e. The highest BCUT2D eigenvalue weighted by atomic mass is 19.4. The minimum atomic E-state index is -4.71. The SMILES string of the molecule is COc1ccc(N[C@@]2(C(F)(F)F)O[C@@H]3O[C@]4(C)CC[C@H]5[C@H](C)CCC([C@H]2C)C35OO4)cc1.